The Bertz CT molecular complexity index is 170. The maximum Gasteiger partial charge on any atom is 0.308 e. The normalized spacial score (nSPS) is 12.9. The molecule has 1 unspecified atom stereocenters. The monoisotopic (exact) mass is 218 g/mol. The Labute approximate surface area is 94.1 Å². The Morgan fingerprint density at radius 2 is 1.80 bits per heavy atom. The first-order chi connectivity index (χ1) is 6.37. The molecule has 0 aliphatic rings. The lowest BCUT2D eigenvalue weighted by Gasteiger charge is -2.19. The maximum atomic E-state index is 11.2. The van der Waals surface area contributed by atoms with Crippen LogP contribution < -0.4 is 0 Å². The van der Waals surface area contributed by atoms with E-state index in [9.17, 15) is 4.79 Å². The van der Waals surface area contributed by atoms with Gasteiger partial charge in [0.1, 0.15) is 6.61 Å². The first-order valence-corrected chi connectivity index (χ1v) is 5.17. The van der Waals surface area contributed by atoms with Crippen LogP contribution in [0.4, 0.5) is 0 Å². The molecule has 0 saturated carbocycles. The average Bonchev–Trinajstić information content (AvgIpc) is 2.09. The number of carbonyl (C=O) groups excluding carboxylic acids is 1. The maximum absolute atomic E-state index is 11.2. The topological polar surface area (TPSA) is 35.5 Å². The summed E-state index contributed by atoms with van der Waals surface area (Å²) in [6.07, 6.45) is 0.818. The first kappa shape index (κ1) is 16.8. The number of esters is 1. The highest BCUT2D eigenvalue weighted by Crippen LogP contribution is 2.07. The summed E-state index contributed by atoms with van der Waals surface area (Å²) in [7, 11) is 0. The molecule has 0 saturated heterocycles. The average molecular weight is 218 g/mol. The van der Waals surface area contributed by atoms with Crippen molar-refractivity contribution < 1.29 is 14.3 Å². The van der Waals surface area contributed by atoms with E-state index in [0.29, 0.717) is 13.2 Å². The van der Waals surface area contributed by atoms with Gasteiger partial charge in [0.15, 0.2) is 0 Å². The molecule has 0 aliphatic heterocycles. The van der Waals surface area contributed by atoms with E-state index in [-0.39, 0.29) is 24.9 Å². The molecular weight excluding hydrogens is 192 g/mol. The second kappa shape index (κ2) is 7.69. The lowest BCUT2D eigenvalue weighted by molar-refractivity contribution is -0.151. The molecule has 0 aliphatic carbocycles. The zero-order valence-corrected chi connectivity index (χ0v) is 9.92. The van der Waals surface area contributed by atoms with E-state index >= 15 is 0 Å². The van der Waals surface area contributed by atoms with Crippen molar-refractivity contribution >= 4 is 5.97 Å². The Morgan fingerprint density at radius 3 is 2.20 bits per heavy atom. The molecule has 92 valence electrons. The second-order valence-corrected chi connectivity index (χ2v) is 4.44. The Morgan fingerprint density at radius 1 is 1.27 bits per heavy atom. The van der Waals surface area contributed by atoms with E-state index < -0.39 is 0 Å². The third-order valence-corrected chi connectivity index (χ3v) is 1.88. The van der Waals surface area contributed by atoms with E-state index in [4.69, 9.17) is 9.47 Å². The van der Waals surface area contributed by atoms with Gasteiger partial charge in [-0.3, -0.25) is 4.79 Å². The largest absolute Gasteiger partial charge is 0.463 e. The van der Waals surface area contributed by atoms with E-state index in [2.05, 4.69) is 0 Å². The van der Waals surface area contributed by atoms with Crippen molar-refractivity contribution in [1.82, 2.24) is 0 Å². The molecule has 0 aromatic carbocycles. The van der Waals surface area contributed by atoms with Gasteiger partial charge in [-0.05, 0) is 27.2 Å². The van der Waals surface area contributed by atoms with Crippen LogP contribution in [0.25, 0.3) is 0 Å². The highest BCUT2D eigenvalue weighted by atomic mass is 16.6. The van der Waals surface area contributed by atoms with E-state index in [0.717, 1.165) is 6.42 Å². The number of ether oxygens (including phenoxy) is 2. The van der Waals surface area contributed by atoms with Gasteiger partial charge >= 0.3 is 5.97 Å². The molecule has 3 heteroatoms. The second-order valence-electron chi connectivity index (χ2n) is 4.44. The molecule has 0 N–H and O–H groups in total. The van der Waals surface area contributed by atoms with Crippen molar-refractivity contribution in [2.75, 3.05) is 13.2 Å². The molecule has 0 aromatic rings. The van der Waals surface area contributed by atoms with Crippen molar-refractivity contribution in [3.63, 3.8) is 0 Å². The minimum absolute atomic E-state index is 0. The fourth-order valence-corrected chi connectivity index (χ4v) is 0.799. The zero-order valence-electron chi connectivity index (χ0n) is 9.92. The van der Waals surface area contributed by atoms with E-state index in [1.165, 1.54) is 0 Å². The third kappa shape index (κ3) is 9.73. The summed E-state index contributed by atoms with van der Waals surface area (Å²) in [4.78, 5) is 11.2. The van der Waals surface area contributed by atoms with Gasteiger partial charge < -0.3 is 9.47 Å². The molecule has 0 bridgehead atoms. The molecule has 15 heavy (non-hydrogen) atoms. The smallest absolute Gasteiger partial charge is 0.308 e. The van der Waals surface area contributed by atoms with Crippen molar-refractivity contribution in [2.45, 2.75) is 54.1 Å². The molecular formula is C12H26O3. The Balaban J connectivity index is 0. The third-order valence-electron chi connectivity index (χ3n) is 1.88. The quantitative estimate of drug-likeness (QED) is 0.525. The predicted molar refractivity (Wildman–Crippen MR) is 62.9 cm³/mol. The summed E-state index contributed by atoms with van der Waals surface area (Å²) in [6.45, 7) is 10.6. The van der Waals surface area contributed by atoms with Crippen LogP contribution in [0, 0.1) is 5.92 Å². The van der Waals surface area contributed by atoms with Crippen LogP contribution >= 0.6 is 0 Å². The van der Waals surface area contributed by atoms with Gasteiger partial charge in [0, 0.05) is 0 Å². The summed E-state index contributed by atoms with van der Waals surface area (Å²) in [5.41, 5.74) is -0.164. The van der Waals surface area contributed by atoms with Crippen LogP contribution in [0.5, 0.6) is 0 Å². The summed E-state index contributed by atoms with van der Waals surface area (Å²) < 4.78 is 10.4. The van der Waals surface area contributed by atoms with E-state index in [1.54, 1.807) is 0 Å². The van der Waals surface area contributed by atoms with E-state index in [1.807, 2.05) is 34.6 Å². The van der Waals surface area contributed by atoms with Gasteiger partial charge in [0.2, 0.25) is 0 Å². The van der Waals surface area contributed by atoms with Crippen LogP contribution in [0.2, 0.25) is 0 Å². The minimum atomic E-state index is -0.164. The molecule has 0 amide bonds. The molecule has 1 atom stereocenters. The number of hydrogen-bond acceptors (Lipinski definition) is 3. The Kier molecular flexibility index (Phi) is 8.63. The summed E-state index contributed by atoms with van der Waals surface area (Å²) >= 11 is 0. The number of rotatable bonds is 5. The molecule has 0 radical (unpaired) electrons. The van der Waals surface area contributed by atoms with Crippen molar-refractivity contribution in [3.05, 3.63) is 0 Å². The summed E-state index contributed by atoms with van der Waals surface area (Å²) in [5, 5.41) is 0. The van der Waals surface area contributed by atoms with Crippen LogP contribution in [0.15, 0.2) is 0 Å². The van der Waals surface area contributed by atoms with Gasteiger partial charge in [-0.1, -0.05) is 21.3 Å². The van der Waals surface area contributed by atoms with Crippen molar-refractivity contribution in [1.29, 1.82) is 0 Å². The van der Waals surface area contributed by atoms with Gasteiger partial charge in [-0.2, -0.15) is 0 Å². The minimum Gasteiger partial charge on any atom is -0.463 e. The van der Waals surface area contributed by atoms with Gasteiger partial charge in [0.25, 0.3) is 0 Å². The lowest BCUT2D eigenvalue weighted by Crippen LogP contribution is -2.23. The van der Waals surface area contributed by atoms with Crippen LogP contribution in [-0.4, -0.2) is 24.8 Å². The zero-order chi connectivity index (χ0) is 11.2. The van der Waals surface area contributed by atoms with Crippen LogP contribution in [0.3, 0.4) is 0 Å². The highest BCUT2D eigenvalue weighted by molar-refractivity contribution is 5.71. The molecule has 0 spiro atoms. The van der Waals surface area contributed by atoms with Crippen molar-refractivity contribution in [3.8, 4) is 0 Å². The molecule has 0 aromatic heterocycles. The molecule has 3 nitrogen and oxygen atoms in total. The fourth-order valence-electron chi connectivity index (χ4n) is 0.799. The summed E-state index contributed by atoms with van der Waals surface area (Å²) in [5.74, 6) is -0.144. The first-order valence-electron chi connectivity index (χ1n) is 5.17. The predicted octanol–water partition coefficient (Wildman–Crippen LogP) is 3.03. The number of hydrogen-bond donors (Lipinski definition) is 0. The fraction of sp³-hybridized carbons (Fsp3) is 0.917. The Hall–Kier alpha value is -0.570. The van der Waals surface area contributed by atoms with Crippen LogP contribution in [-0.2, 0) is 14.3 Å². The highest BCUT2D eigenvalue weighted by Gasteiger charge is 2.13. The lowest BCUT2D eigenvalue weighted by atomic mass is 10.1. The molecule has 0 fully saturated rings. The summed E-state index contributed by atoms with van der Waals surface area (Å²) in [6, 6.07) is 0. The van der Waals surface area contributed by atoms with Crippen LogP contribution in [0.1, 0.15) is 48.5 Å². The van der Waals surface area contributed by atoms with Gasteiger partial charge in [-0.25, -0.2) is 0 Å². The molecule has 0 rings (SSSR count). The standard InChI is InChI=1S/C11H22O3.CH4/c1-6-9(2)10(12)13-7-8-14-11(3,4)5;/h9H,6-8H2,1-5H3;1H4. The molecule has 0 heterocycles. The number of carbonyl (C=O) groups is 1. The van der Waals surface area contributed by atoms with Gasteiger partial charge in [-0.15, -0.1) is 0 Å². The van der Waals surface area contributed by atoms with Crippen molar-refractivity contribution in [2.24, 2.45) is 5.92 Å². The van der Waals surface area contributed by atoms with Gasteiger partial charge in [0.05, 0.1) is 18.1 Å². The SMILES string of the molecule is C.CCC(C)C(=O)OCCOC(C)(C)C.